The van der Waals surface area contributed by atoms with Gasteiger partial charge in [0.25, 0.3) is 0 Å². The Labute approximate surface area is 50.7 Å². The Bertz CT molecular complexity index is 71.3. The highest BCUT2D eigenvalue weighted by Crippen LogP contribution is 1.72. The van der Waals surface area contributed by atoms with Gasteiger partial charge < -0.3 is 11.4 Å². The van der Waals surface area contributed by atoms with Gasteiger partial charge in [-0.15, -0.1) is 0 Å². The number of rotatable bonds is 0. The SMILES string of the molecule is C[CH-]C.c1cc[nH]c1. The first-order valence-corrected chi connectivity index (χ1v) is 2.73. The minimum atomic E-state index is 1.88. The van der Waals surface area contributed by atoms with Crippen molar-refractivity contribution >= 4 is 0 Å². The summed E-state index contributed by atoms with van der Waals surface area (Å²) in [4.78, 5) is 2.86. The van der Waals surface area contributed by atoms with Crippen molar-refractivity contribution in [1.29, 1.82) is 0 Å². The first-order chi connectivity index (χ1) is 3.91. The number of aromatic nitrogens is 1. The lowest BCUT2D eigenvalue weighted by atomic mass is 10.6. The molecule has 0 unspecified atom stereocenters. The topological polar surface area (TPSA) is 15.8 Å². The van der Waals surface area contributed by atoms with Crippen LogP contribution in [0.3, 0.4) is 0 Å². The zero-order valence-electron chi connectivity index (χ0n) is 5.39. The van der Waals surface area contributed by atoms with Gasteiger partial charge in [0.1, 0.15) is 0 Å². The van der Waals surface area contributed by atoms with Crippen molar-refractivity contribution in [3.63, 3.8) is 0 Å². The molecule has 0 aliphatic heterocycles. The van der Waals surface area contributed by atoms with Gasteiger partial charge in [-0.25, -0.2) is 0 Å². The summed E-state index contributed by atoms with van der Waals surface area (Å²) in [5.41, 5.74) is 0. The van der Waals surface area contributed by atoms with Crippen LogP contribution in [0.2, 0.25) is 0 Å². The van der Waals surface area contributed by atoms with E-state index in [1.54, 1.807) is 0 Å². The summed E-state index contributed by atoms with van der Waals surface area (Å²) >= 11 is 0. The lowest BCUT2D eigenvalue weighted by Gasteiger charge is -1.68. The molecule has 1 aromatic rings. The predicted molar refractivity (Wildman–Crippen MR) is 36.4 cm³/mol. The van der Waals surface area contributed by atoms with E-state index in [1.807, 2.05) is 44.8 Å². The van der Waals surface area contributed by atoms with Crippen molar-refractivity contribution in [2.45, 2.75) is 13.8 Å². The van der Waals surface area contributed by atoms with E-state index in [0.29, 0.717) is 0 Å². The normalized spacial score (nSPS) is 7.25. The van der Waals surface area contributed by atoms with Gasteiger partial charge in [-0.2, -0.15) is 13.8 Å². The first-order valence-electron chi connectivity index (χ1n) is 2.73. The lowest BCUT2D eigenvalue weighted by Crippen LogP contribution is -1.38. The standard InChI is InChI=1S/C4H5N.C3H7/c1-2-4-5-3-1;1-3-2/h1-5H;3H,1-2H3/q;-1. The zero-order chi connectivity index (χ0) is 6.24. The fraction of sp³-hybridized carbons (Fsp3) is 0.286. The van der Waals surface area contributed by atoms with Crippen molar-refractivity contribution < 1.29 is 0 Å². The molecule has 0 spiro atoms. The molecule has 0 radical (unpaired) electrons. The van der Waals surface area contributed by atoms with Crippen LogP contribution in [0.1, 0.15) is 13.8 Å². The molecule has 0 saturated heterocycles. The molecular formula is C7H12N-. The zero-order valence-corrected chi connectivity index (χ0v) is 5.39. The van der Waals surface area contributed by atoms with Crippen molar-refractivity contribution in [2.24, 2.45) is 0 Å². The van der Waals surface area contributed by atoms with Crippen molar-refractivity contribution in [1.82, 2.24) is 4.98 Å². The van der Waals surface area contributed by atoms with Gasteiger partial charge in [0.2, 0.25) is 0 Å². The molecule has 1 N–H and O–H groups in total. The highest BCUT2D eigenvalue weighted by atomic mass is 14.6. The van der Waals surface area contributed by atoms with Crippen molar-refractivity contribution in [3.05, 3.63) is 30.9 Å². The quantitative estimate of drug-likeness (QED) is 0.493. The third-order valence-corrected chi connectivity index (χ3v) is 0.496. The molecule has 1 nitrogen and oxygen atoms in total. The molecule has 1 rings (SSSR count). The molecule has 0 aliphatic carbocycles. The van der Waals surface area contributed by atoms with Gasteiger partial charge in [0.15, 0.2) is 0 Å². The number of hydrogen-bond acceptors (Lipinski definition) is 0. The number of aromatic amines is 1. The molecule has 0 atom stereocenters. The molecule has 1 heterocycles. The molecule has 0 fully saturated rings. The third-order valence-electron chi connectivity index (χ3n) is 0.496. The lowest BCUT2D eigenvalue weighted by molar-refractivity contribution is 1.41. The summed E-state index contributed by atoms with van der Waals surface area (Å²) in [5.74, 6) is 0. The molecule has 0 aliphatic rings. The molecule has 0 bridgehead atoms. The predicted octanol–water partition coefficient (Wildman–Crippen LogP) is 2.25. The van der Waals surface area contributed by atoms with Gasteiger partial charge in [0, 0.05) is 12.4 Å². The van der Waals surface area contributed by atoms with E-state index >= 15 is 0 Å². The average molecular weight is 110 g/mol. The average Bonchev–Trinajstić information content (AvgIpc) is 2.17. The fourth-order valence-electron chi connectivity index (χ4n) is 0.278. The summed E-state index contributed by atoms with van der Waals surface area (Å²) in [6.07, 6.45) is 5.75. The molecule has 8 heavy (non-hydrogen) atoms. The molecule has 0 amide bonds. The van der Waals surface area contributed by atoms with E-state index in [9.17, 15) is 0 Å². The van der Waals surface area contributed by atoms with Crippen molar-refractivity contribution in [2.75, 3.05) is 0 Å². The number of nitrogens with one attached hydrogen (secondary N) is 1. The molecule has 0 saturated carbocycles. The Balaban J connectivity index is 0.000000145. The van der Waals surface area contributed by atoms with Gasteiger partial charge in [-0.1, -0.05) is 0 Å². The van der Waals surface area contributed by atoms with Crippen LogP contribution in [0, 0.1) is 6.42 Å². The van der Waals surface area contributed by atoms with Crippen LogP contribution in [-0.4, -0.2) is 4.98 Å². The van der Waals surface area contributed by atoms with Crippen LogP contribution in [-0.2, 0) is 0 Å². The summed E-state index contributed by atoms with van der Waals surface area (Å²) in [7, 11) is 0. The summed E-state index contributed by atoms with van der Waals surface area (Å²) in [6, 6.07) is 3.89. The number of hydrogen-bond donors (Lipinski definition) is 1. The van der Waals surface area contributed by atoms with E-state index in [-0.39, 0.29) is 0 Å². The second-order valence-corrected chi connectivity index (χ2v) is 1.46. The Morgan fingerprint density at radius 1 is 1.12 bits per heavy atom. The van der Waals surface area contributed by atoms with Crippen molar-refractivity contribution in [3.8, 4) is 0 Å². The molecular weight excluding hydrogens is 98.1 g/mol. The smallest absolute Gasteiger partial charge is 0.000496 e. The second kappa shape index (κ2) is 6.28. The van der Waals surface area contributed by atoms with Gasteiger partial charge in [0.05, 0.1) is 0 Å². The van der Waals surface area contributed by atoms with Gasteiger partial charge >= 0.3 is 0 Å². The second-order valence-electron chi connectivity index (χ2n) is 1.46. The maximum atomic E-state index is 2.86. The Kier molecular flexibility index (Phi) is 5.71. The maximum Gasteiger partial charge on any atom is 0.000496 e. The monoisotopic (exact) mass is 110 g/mol. The third kappa shape index (κ3) is 5.28. The Hall–Kier alpha value is -0.720. The summed E-state index contributed by atoms with van der Waals surface area (Å²) in [6.45, 7) is 4.00. The number of H-pyrrole nitrogens is 1. The largest absolute Gasteiger partial charge is 0.368 e. The van der Waals surface area contributed by atoms with E-state index < -0.39 is 0 Å². The molecule has 0 aromatic carbocycles. The minimum Gasteiger partial charge on any atom is -0.368 e. The fourth-order valence-corrected chi connectivity index (χ4v) is 0.278. The minimum absolute atomic E-state index is 1.88. The molecule has 1 heteroatoms. The highest BCUT2D eigenvalue weighted by molar-refractivity contribution is 4.84. The van der Waals surface area contributed by atoms with E-state index in [4.69, 9.17) is 0 Å². The highest BCUT2D eigenvalue weighted by Gasteiger charge is 1.55. The summed E-state index contributed by atoms with van der Waals surface area (Å²) in [5, 5.41) is 0. The van der Waals surface area contributed by atoms with Crippen LogP contribution >= 0.6 is 0 Å². The Morgan fingerprint density at radius 2 is 1.50 bits per heavy atom. The summed E-state index contributed by atoms with van der Waals surface area (Å²) < 4.78 is 0. The van der Waals surface area contributed by atoms with E-state index in [0.717, 1.165) is 0 Å². The van der Waals surface area contributed by atoms with E-state index in [2.05, 4.69) is 4.98 Å². The molecule has 46 valence electrons. The first kappa shape index (κ1) is 7.28. The van der Waals surface area contributed by atoms with Crippen LogP contribution in [0.4, 0.5) is 0 Å². The molecule has 1 aromatic heterocycles. The van der Waals surface area contributed by atoms with Gasteiger partial charge in [-0.05, 0) is 12.1 Å². The van der Waals surface area contributed by atoms with Crippen LogP contribution in [0.5, 0.6) is 0 Å². The maximum absolute atomic E-state index is 2.86. The van der Waals surface area contributed by atoms with E-state index in [1.165, 1.54) is 0 Å². The van der Waals surface area contributed by atoms with Crippen LogP contribution in [0.25, 0.3) is 0 Å². The Morgan fingerprint density at radius 3 is 1.62 bits per heavy atom. The van der Waals surface area contributed by atoms with Crippen LogP contribution in [0.15, 0.2) is 24.5 Å². The van der Waals surface area contributed by atoms with Gasteiger partial charge in [-0.3, -0.25) is 0 Å². The van der Waals surface area contributed by atoms with Crippen LogP contribution < -0.4 is 0 Å².